The van der Waals surface area contributed by atoms with Crippen LogP contribution in [0.1, 0.15) is 37.5 Å². The zero-order valence-electron chi connectivity index (χ0n) is 20.9. The van der Waals surface area contributed by atoms with Gasteiger partial charge in [0.25, 0.3) is 0 Å². The van der Waals surface area contributed by atoms with E-state index in [1.807, 2.05) is 6.92 Å². The van der Waals surface area contributed by atoms with Crippen molar-refractivity contribution in [2.24, 2.45) is 0 Å². The zero-order chi connectivity index (χ0) is 25.5. The Bertz CT molecular complexity index is 944. The summed E-state index contributed by atoms with van der Waals surface area (Å²) in [7, 11) is -4.08. The van der Waals surface area contributed by atoms with Crippen LogP contribution >= 0.6 is 0 Å². The Morgan fingerprint density at radius 1 is 1.12 bits per heavy atom. The number of rotatable bonds is 9. The van der Waals surface area contributed by atoms with E-state index in [9.17, 15) is 18.0 Å². The molecule has 10 nitrogen and oxygen atoms in total. The molecular formula is C23H37N3O7S. The molecule has 0 aliphatic carbocycles. The molecule has 1 atom stereocenters. The number of nitrogens with zero attached hydrogens (tertiary/aromatic N) is 1. The molecule has 1 aliphatic rings. The number of morpholine rings is 1. The standard InChI is InChI=1S/C23H37N3O7S/c1-16-13-17(2)20(18(3)14-16)34(29,30)25-19(15-24-22(28)33-23(4,5)6)21(27)32-12-9-26-7-10-31-11-8-26/h13-14,19,25H,7-12,15H2,1-6H3,(H,24,28). The summed E-state index contributed by atoms with van der Waals surface area (Å²) in [5, 5.41) is 2.46. The highest BCUT2D eigenvalue weighted by Gasteiger charge is 2.30. The predicted molar refractivity (Wildman–Crippen MR) is 127 cm³/mol. The van der Waals surface area contributed by atoms with Gasteiger partial charge in [0.2, 0.25) is 10.0 Å². The smallest absolute Gasteiger partial charge is 0.407 e. The summed E-state index contributed by atoms with van der Waals surface area (Å²) in [6.45, 7) is 13.4. The van der Waals surface area contributed by atoms with Gasteiger partial charge in [0.1, 0.15) is 18.2 Å². The maximum Gasteiger partial charge on any atom is 0.407 e. The molecule has 1 aromatic carbocycles. The van der Waals surface area contributed by atoms with Crippen molar-refractivity contribution in [3.63, 3.8) is 0 Å². The Balaban J connectivity index is 2.13. The Kier molecular flexibility index (Phi) is 9.86. The normalized spacial score (nSPS) is 16.1. The molecule has 2 rings (SSSR count). The van der Waals surface area contributed by atoms with Gasteiger partial charge in [-0.15, -0.1) is 0 Å². The van der Waals surface area contributed by atoms with Crippen LogP contribution < -0.4 is 10.0 Å². The van der Waals surface area contributed by atoms with Gasteiger partial charge in [-0.2, -0.15) is 4.72 Å². The molecule has 34 heavy (non-hydrogen) atoms. The van der Waals surface area contributed by atoms with Crippen LogP contribution in [0.4, 0.5) is 4.79 Å². The van der Waals surface area contributed by atoms with Crippen LogP contribution in [0.5, 0.6) is 0 Å². The van der Waals surface area contributed by atoms with Crippen molar-refractivity contribution in [3.8, 4) is 0 Å². The quantitative estimate of drug-likeness (QED) is 0.492. The number of hydrogen-bond acceptors (Lipinski definition) is 8. The summed E-state index contributed by atoms with van der Waals surface area (Å²) in [4.78, 5) is 27.1. The number of amides is 1. The number of sulfonamides is 1. The van der Waals surface area contributed by atoms with Crippen molar-refractivity contribution in [1.82, 2.24) is 14.9 Å². The SMILES string of the molecule is Cc1cc(C)c(S(=O)(=O)NC(CNC(=O)OC(C)(C)C)C(=O)OCCN2CCOCC2)c(C)c1. The Morgan fingerprint density at radius 2 is 1.71 bits per heavy atom. The van der Waals surface area contributed by atoms with E-state index >= 15 is 0 Å². The molecule has 1 aromatic rings. The van der Waals surface area contributed by atoms with E-state index in [4.69, 9.17) is 14.2 Å². The molecule has 0 radical (unpaired) electrons. The van der Waals surface area contributed by atoms with Gasteiger partial charge in [-0.3, -0.25) is 9.69 Å². The fourth-order valence-electron chi connectivity index (χ4n) is 3.71. The highest BCUT2D eigenvalue weighted by Crippen LogP contribution is 2.22. The number of carbonyl (C=O) groups excluding carboxylic acids is 2. The summed E-state index contributed by atoms with van der Waals surface area (Å²) in [5.74, 6) is -0.782. The molecule has 1 heterocycles. The summed E-state index contributed by atoms with van der Waals surface area (Å²) in [6.07, 6.45) is -0.763. The maximum atomic E-state index is 13.2. The number of carbonyl (C=O) groups is 2. The monoisotopic (exact) mass is 499 g/mol. The lowest BCUT2D eigenvalue weighted by Crippen LogP contribution is -2.50. The van der Waals surface area contributed by atoms with Crippen LogP contribution in [0, 0.1) is 20.8 Å². The van der Waals surface area contributed by atoms with Gasteiger partial charge >= 0.3 is 12.1 Å². The zero-order valence-corrected chi connectivity index (χ0v) is 21.7. The third-order valence-corrected chi connectivity index (χ3v) is 6.84. The second-order valence-electron chi connectivity index (χ2n) is 9.41. The van der Waals surface area contributed by atoms with Crippen molar-refractivity contribution >= 4 is 22.1 Å². The number of aryl methyl sites for hydroxylation is 3. The largest absolute Gasteiger partial charge is 0.463 e. The second-order valence-corrected chi connectivity index (χ2v) is 11.1. The van der Waals surface area contributed by atoms with Gasteiger partial charge < -0.3 is 19.5 Å². The molecule has 0 saturated carbocycles. The first kappa shape index (κ1) is 28.0. The van der Waals surface area contributed by atoms with Crippen LogP contribution in [0.2, 0.25) is 0 Å². The summed E-state index contributed by atoms with van der Waals surface area (Å²) in [6, 6.07) is 2.19. The minimum Gasteiger partial charge on any atom is -0.463 e. The molecule has 11 heteroatoms. The summed E-state index contributed by atoms with van der Waals surface area (Å²) in [5.41, 5.74) is 1.31. The van der Waals surface area contributed by atoms with E-state index in [1.165, 1.54) is 0 Å². The van der Waals surface area contributed by atoms with Gasteiger partial charge in [-0.1, -0.05) is 17.7 Å². The first-order valence-electron chi connectivity index (χ1n) is 11.3. The van der Waals surface area contributed by atoms with Gasteiger partial charge in [0, 0.05) is 26.2 Å². The van der Waals surface area contributed by atoms with Gasteiger partial charge in [-0.25, -0.2) is 13.2 Å². The molecule has 0 aromatic heterocycles. The Labute approximate surface area is 202 Å². The molecular weight excluding hydrogens is 462 g/mol. The van der Waals surface area contributed by atoms with Crippen LogP contribution in [-0.2, 0) is 29.0 Å². The fourth-order valence-corrected chi connectivity index (χ4v) is 5.35. The van der Waals surface area contributed by atoms with E-state index in [2.05, 4.69) is 14.9 Å². The first-order valence-corrected chi connectivity index (χ1v) is 12.8. The third-order valence-electron chi connectivity index (χ3n) is 5.06. The number of esters is 1. The Hall–Kier alpha value is -2.21. The maximum absolute atomic E-state index is 13.2. The minimum atomic E-state index is -4.08. The van der Waals surface area contributed by atoms with Crippen LogP contribution in [0.25, 0.3) is 0 Å². The summed E-state index contributed by atoms with van der Waals surface area (Å²) >= 11 is 0. The van der Waals surface area contributed by atoms with E-state index in [0.29, 0.717) is 30.9 Å². The predicted octanol–water partition coefficient (Wildman–Crippen LogP) is 1.66. The molecule has 1 fully saturated rings. The lowest BCUT2D eigenvalue weighted by atomic mass is 10.1. The van der Waals surface area contributed by atoms with Gasteiger partial charge in [0.05, 0.1) is 18.1 Å². The van der Waals surface area contributed by atoms with E-state index in [1.54, 1.807) is 46.8 Å². The van der Waals surface area contributed by atoms with Gasteiger partial charge in [0.15, 0.2) is 0 Å². The molecule has 192 valence electrons. The van der Waals surface area contributed by atoms with Crippen molar-refractivity contribution < 1.29 is 32.2 Å². The third kappa shape index (κ3) is 8.86. The fraction of sp³-hybridized carbons (Fsp3) is 0.652. The number of alkyl carbamates (subject to hydrolysis) is 1. The lowest BCUT2D eigenvalue weighted by molar-refractivity contribution is -0.146. The first-order chi connectivity index (χ1) is 15.8. The highest BCUT2D eigenvalue weighted by atomic mass is 32.2. The van der Waals surface area contributed by atoms with Crippen LogP contribution in [0.3, 0.4) is 0 Å². The van der Waals surface area contributed by atoms with E-state index < -0.39 is 33.7 Å². The van der Waals surface area contributed by atoms with Crippen molar-refractivity contribution in [2.75, 3.05) is 46.0 Å². The summed E-state index contributed by atoms with van der Waals surface area (Å²) < 4.78 is 44.7. The highest BCUT2D eigenvalue weighted by molar-refractivity contribution is 7.89. The molecule has 2 N–H and O–H groups in total. The van der Waals surface area contributed by atoms with E-state index in [0.717, 1.165) is 18.7 Å². The van der Waals surface area contributed by atoms with E-state index in [-0.39, 0.29) is 18.0 Å². The van der Waals surface area contributed by atoms with Crippen molar-refractivity contribution in [2.45, 2.75) is 58.1 Å². The molecule has 1 saturated heterocycles. The average Bonchev–Trinajstić information content (AvgIpc) is 2.69. The number of nitrogens with one attached hydrogen (secondary N) is 2. The molecule has 1 amide bonds. The molecule has 0 bridgehead atoms. The molecule has 1 unspecified atom stereocenters. The minimum absolute atomic E-state index is 0.0894. The van der Waals surface area contributed by atoms with Crippen LogP contribution in [-0.4, -0.2) is 83.0 Å². The average molecular weight is 500 g/mol. The second kappa shape index (κ2) is 12.0. The lowest BCUT2D eigenvalue weighted by Gasteiger charge is -2.26. The number of ether oxygens (including phenoxy) is 3. The number of hydrogen-bond donors (Lipinski definition) is 2. The number of benzene rings is 1. The van der Waals surface area contributed by atoms with Crippen molar-refractivity contribution in [3.05, 3.63) is 28.8 Å². The van der Waals surface area contributed by atoms with Gasteiger partial charge in [-0.05, 0) is 52.7 Å². The Morgan fingerprint density at radius 3 is 2.26 bits per heavy atom. The van der Waals surface area contributed by atoms with Crippen LogP contribution in [0.15, 0.2) is 17.0 Å². The topological polar surface area (TPSA) is 123 Å². The molecule has 1 aliphatic heterocycles. The van der Waals surface area contributed by atoms with Crippen molar-refractivity contribution in [1.29, 1.82) is 0 Å². The molecule has 0 spiro atoms.